The van der Waals surface area contributed by atoms with Crippen LogP contribution in [0.15, 0.2) is 11.6 Å². The van der Waals surface area contributed by atoms with Crippen molar-refractivity contribution < 1.29 is 14.3 Å². The van der Waals surface area contributed by atoms with E-state index in [-0.39, 0.29) is 18.4 Å². The van der Waals surface area contributed by atoms with E-state index in [9.17, 15) is 9.59 Å². The van der Waals surface area contributed by atoms with Gasteiger partial charge in [0.05, 0.1) is 6.42 Å². The fourth-order valence-electron chi connectivity index (χ4n) is 1.13. The quantitative estimate of drug-likeness (QED) is 0.515. The summed E-state index contributed by atoms with van der Waals surface area (Å²) >= 11 is 0. The van der Waals surface area contributed by atoms with Crippen LogP contribution < -0.4 is 0 Å². The number of rotatable bonds is 0. The summed E-state index contributed by atoms with van der Waals surface area (Å²) in [5.41, 5.74) is 0. The Hall–Kier alpha value is -1.52. The van der Waals surface area contributed by atoms with Gasteiger partial charge < -0.3 is 4.74 Å². The number of amides is 3. The SMILES string of the molecule is CN1C(=O)CC2=C(O2)N(C)C1=O. The van der Waals surface area contributed by atoms with Crippen molar-refractivity contribution in [3.8, 4) is 0 Å². The number of ether oxygens (including phenoxy) is 1. The van der Waals surface area contributed by atoms with Crippen LogP contribution in [-0.4, -0.2) is 35.8 Å². The normalized spacial score (nSPS) is 22.2. The molecule has 0 aliphatic carbocycles. The summed E-state index contributed by atoms with van der Waals surface area (Å²) in [6, 6.07) is -0.345. The van der Waals surface area contributed by atoms with E-state index in [1.54, 1.807) is 7.05 Å². The number of hydrogen-bond acceptors (Lipinski definition) is 3. The summed E-state index contributed by atoms with van der Waals surface area (Å²) in [5, 5.41) is 0. The minimum atomic E-state index is -0.345. The maximum atomic E-state index is 11.3. The van der Waals surface area contributed by atoms with Gasteiger partial charge in [-0.3, -0.25) is 14.6 Å². The van der Waals surface area contributed by atoms with Crippen molar-refractivity contribution in [2.75, 3.05) is 14.1 Å². The molecule has 2 aliphatic heterocycles. The number of urea groups is 1. The van der Waals surface area contributed by atoms with Gasteiger partial charge in [0.25, 0.3) is 0 Å². The van der Waals surface area contributed by atoms with Crippen molar-refractivity contribution in [2.24, 2.45) is 0 Å². The standard InChI is InChI=1S/C7H8N2O3/c1-8-5(10)3-4-6(12-4)9(2)7(8)11/h3H2,1-2H3. The molecule has 64 valence electrons. The summed E-state index contributed by atoms with van der Waals surface area (Å²) < 4.78 is 4.95. The Morgan fingerprint density at radius 3 is 2.58 bits per heavy atom. The zero-order valence-corrected chi connectivity index (χ0v) is 6.83. The summed E-state index contributed by atoms with van der Waals surface area (Å²) in [6.45, 7) is 0. The van der Waals surface area contributed by atoms with E-state index in [1.807, 2.05) is 0 Å². The van der Waals surface area contributed by atoms with Crippen molar-refractivity contribution in [3.05, 3.63) is 11.6 Å². The second-order valence-electron chi connectivity index (χ2n) is 2.80. The van der Waals surface area contributed by atoms with Crippen LogP contribution in [0.5, 0.6) is 0 Å². The number of carbonyl (C=O) groups is 2. The van der Waals surface area contributed by atoms with Crippen LogP contribution in [0.4, 0.5) is 4.79 Å². The molecule has 0 aromatic heterocycles. The monoisotopic (exact) mass is 168 g/mol. The predicted octanol–water partition coefficient (Wildman–Crippen LogP) is 0.0996. The Balaban J connectivity index is 2.31. The van der Waals surface area contributed by atoms with Crippen LogP contribution in [-0.2, 0) is 9.53 Å². The molecule has 0 fully saturated rings. The van der Waals surface area contributed by atoms with Crippen LogP contribution in [0.1, 0.15) is 6.42 Å². The van der Waals surface area contributed by atoms with Gasteiger partial charge in [-0.05, 0) is 0 Å². The molecule has 0 spiro atoms. The van der Waals surface area contributed by atoms with Crippen LogP contribution in [0, 0.1) is 0 Å². The first-order valence-corrected chi connectivity index (χ1v) is 3.56. The third-order valence-electron chi connectivity index (χ3n) is 1.98. The van der Waals surface area contributed by atoms with E-state index < -0.39 is 0 Å². The van der Waals surface area contributed by atoms with Crippen LogP contribution >= 0.6 is 0 Å². The highest BCUT2D eigenvalue weighted by Crippen LogP contribution is 2.34. The van der Waals surface area contributed by atoms with Gasteiger partial charge in [0, 0.05) is 14.1 Å². The van der Waals surface area contributed by atoms with Gasteiger partial charge >= 0.3 is 6.03 Å². The molecule has 0 radical (unpaired) electrons. The summed E-state index contributed by atoms with van der Waals surface area (Å²) in [6.07, 6.45) is 0.196. The Bertz CT molecular complexity index is 308. The molecule has 0 unspecified atom stereocenters. The molecule has 0 aromatic carbocycles. The molecule has 0 atom stereocenters. The number of nitrogens with zero attached hydrogens (tertiary/aromatic N) is 2. The molecule has 5 nitrogen and oxygen atoms in total. The zero-order chi connectivity index (χ0) is 8.88. The lowest BCUT2D eigenvalue weighted by Gasteiger charge is -2.18. The Morgan fingerprint density at radius 2 is 1.92 bits per heavy atom. The van der Waals surface area contributed by atoms with Gasteiger partial charge in [-0.1, -0.05) is 0 Å². The highest BCUT2D eigenvalue weighted by atomic mass is 16.6. The molecular weight excluding hydrogens is 160 g/mol. The van der Waals surface area contributed by atoms with Gasteiger partial charge in [-0.2, -0.15) is 0 Å². The number of carbonyl (C=O) groups excluding carboxylic acids is 2. The number of imide groups is 1. The smallest absolute Gasteiger partial charge is 0.333 e. The first kappa shape index (κ1) is 7.15. The predicted molar refractivity (Wildman–Crippen MR) is 38.7 cm³/mol. The van der Waals surface area contributed by atoms with Gasteiger partial charge in [0.15, 0.2) is 5.76 Å². The molecule has 0 saturated heterocycles. The van der Waals surface area contributed by atoms with E-state index in [2.05, 4.69) is 0 Å². The Kier molecular flexibility index (Phi) is 1.19. The second-order valence-corrected chi connectivity index (χ2v) is 2.80. The van der Waals surface area contributed by atoms with Crippen LogP contribution in [0.2, 0.25) is 0 Å². The Labute approximate surface area is 69.2 Å². The van der Waals surface area contributed by atoms with Gasteiger partial charge in [-0.15, -0.1) is 0 Å². The highest BCUT2D eigenvalue weighted by Gasteiger charge is 2.40. The maximum Gasteiger partial charge on any atom is 0.333 e. The molecule has 0 aromatic rings. The lowest BCUT2D eigenvalue weighted by Crippen LogP contribution is -2.39. The largest absolute Gasteiger partial charge is 0.435 e. The maximum absolute atomic E-state index is 11.3. The fraction of sp³-hybridized carbons (Fsp3) is 0.429. The van der Waals surface area contributed by atoms with Crippen molar-refractivity contribution in [3.63, 3.8) is 0 Å². The van der Waals surface area contributed by atoms with Crippen LogP contribution in [0.25, 0.3) is 0 Å². The van der Waals surface area contributed by atoms with E-state index in [4.69, 9.17) is 4.74 Å². The molecule has 0 bridgehead atoms. The number of hydrogen-bond donors (Lipinski definition) is 0. The molecule has 3 amide bonds. The lowest BCUT2D eigenvalue weighted by molar-refractivity contribution is -0.127. The van der Waals surface area contributed by atoms with E-state index in [0.717, 1.165) is 4.90 Å². The highest BCUT2D eigenvalue weighted by molar-refractivity contribution is 5.97. The van der Waals surface area contributed by atoms with Crippen molar-refractivity contribution in [1.29, 1.82) is 0 Å². The van der Waals surface area contributed by atoms with Gasteiger partial charge in [-0.25, -0.2) is 4.79 Å². The molecular formula is C7H8N2O3. The van der Waals surface area contributed by atoms with Crippen molar-refractivity contribution >= 4 is 11.9 Å². The Morgan fingerprint density at radius 1 is 1.25 bits per heavy atom. The van der Waals surface area contributed by atoms with Crippen molar-refractivity contribution in [1.82, 2.24) is 9.80 Å². The topological polar surface area (TPSA) is 53.2 Å². The summed E-state index contributed by atoms with van der Waals surface area (Å²) in [7, 11) is 3.05. The summed E-state index contributed by atoms with van der Waals surface area (Å²) in [4.78, 5) is 24.9. The third kappa shape index (κ3) is 0.792. The molecule has 2 aliphatic rings. The minimum absolute atomic E-state index is 0.196. The molecule has 2 heterocycles. The van der Waals surface area contributed by atoms with E-state index in [0.29, 0.717) is 11.6 Å². The first-order chi connectivity index (χ1) is 5.61. The zero-order valence-electron chi connectivity index (χ0n) is 6.83. The average molecular weight is 168 g/mol. The third-order valence-corrected chi connectivity index (χ3v) is 1.98. The van der Waals surface area contributed by atoms with Crippen LogP contribution in [0.3, 0.4) is 0 Å². The van der Waals surface area contributed by atoms with Gasteiger partial charge in [0.1, 0.15) is 0 Å². The molecule has 2 rings (SSSR count). The van der Waals surface area contributed by atoms with Gasteiger partial charge in [0.2, 0.25) is 11.8 Å². The second kappa shape index (κ2) is 2.00. The molecule has 0 saturated carbocycles. The minimum Gasteiger partial charge on any atom is -0.435 e. The molecule has 12 heavy (non-hydrogen) atoms. The van der Waals surface area contributed by atoms with E-state index in [1.165, 1.54) is 11.9 Å². The molecule has 0 N–H and O–H groups in total. The fourth-order valence-corrected chi connectivity index (χ4v) is 1.13. The van der Waals surface area contributed by atoms with E-state index >= 15 is 0 Å². The lowest BCUT2D eigenvalue weighted by atomic mass is 10.4. The molecule has 5 heteroatoms. The summed E-state index contributed by atoms with van der Waals surface area (Å²) in [5.74, 6) is 0.909. The first-order valence-electron chi connectivity index (χ1n) is 3.56. The average Bonchev–Trinajstić information content (AvgIpc) is 2.79. The van der Waals surface area contributed by atoms with Crippen molar-refractivity contribution in [2.45, 2.75) is 6.42 Å².